The van der Waals surface area contributed by atoms with E-state index in [4.69, 9.17) is 10.5 Å². The van der Waals surface area contributed by atoms with Crippen molar-refractivity contribution in [1.82, 2.24) is 0 Å². The maximum atomic E-state index is 10.4. The molecule has 136 valence electrons. The van der Waals surface area contributed by atoms with Gasteiger partial charge in [0.25, 0.3) is 0 Å². The number of ether oxygens (including phenoxy) is 1. The molecule has 0 aliphatic heterocycles. The Bertz CT molecular complexity index is 1080. The van der Waals surface area contributed by atoms with Crippen LogP contribution in [0, 0.1) is 0 Å². The predicted octanol–water partition coefficient (Wildman–Crippen LogP) is 4.34. The summed E-state index contributed by atoms with van der Waals surface area (Å²) in [7, 11) is 1.47. The SMILES string of the molecule is COc1cc(C=Nc2cc(N=NC(N)=S)c(O)c3ccccc23)ccc1O. The summed E-state index contributed by atoms with van der Waals surface area (Å²) >= 11 is 4.69. The molecule has 3 aromatic carbocycles. The molecule has 0 atom stereocenters. The van der Waals surface area contributed by atoms with E-state index in [1.165, 1.54) is 13.2 Å². The van der Waals surface area contributed by atoms with Crippen LogP contribution in [0.1, 0.15) is 5.56 Å². The number of azo groups is 1. The molecule has 3 aromatic rings. The molecule has 0 heterocycles. The third kappa shape index (κ3) is 4.01. The van der Waals surface area contributed by atoms with Crippen molar-refractivity contribution in [2.45, 2.75) is 0 Å². The van der Waals surface area contributed by atoms with Crippen LogP contribution in [0.4, 0.5) is 11.4 Å². The lowest BCUT2D eigenvalue weighted by Crippen LogP contribution is -2.01. The van der Waals surface area contributed by atoms with Gasteiger partial charge in [0.05, 0.1) is 12.8 Å². The third-order valence-corrected chi connectivity index (χ3v) is 3.87. The van der Waals surface area contributed by atoms with Crippen LogP contribution in [0.2, 0.25) is 0 Å². The number of rotatable bonds is 4. The summed E-state index contributed by atoms with van der Waals surface area (Å²) in [6, 6.07) is 13.7. The van der Waals surface area contributed by atoms with E-state index in [1.807, 2.05) is 12.1 Å². The normalized spacial score (nSPS) is 11.4. The Balaban J connectivity index is 2.10. The summed E-state index contributed by atoms with van der Waals surface area (Å²) in [5.41, 5.74) is 6.85. The van der Waals surface area contributed by atoms with Crippen LogP contribution in [0.5, 0.6) is 17.2 Å². The minimum absolute atomic E-state index is 0.0316. The Labute approximate surface area is 160 Å². The molecule has 7 nitrogen and oxygen atoms in total. The second-order valence-corrected chi connectivity index (χ2v) is 5.96. The van der Waals surface area contributed by atoms with Gasteiger partial charge in [-0.2, -0.15) is 0 Å². The molecule has 0 saturated carbocycles. The molecular formula is C19H16N4O3S. The van der Waals surface area contributed by atoms with Crippen LogP contribution >= 0.6 is 12.2 Å². The van der Waals surface area contributed by atoms with Crippen molar-refractivity contribution < 1.29 is 14.9 Å². The fourth-order valence-corrected chi connectivity index (χ4v) is 2.57. The zero-order chi connectivity index (χ0) is 19.4. The summed E-state index contributed by atoms with van der Waals surface area (Å²) in [6.45, 7) is 0. The fourth-order valence-electron chi connectivity index (χ4n) is 2.53. The molecule has 3 rings (SSSR count). The van der Waals surface area contributed by atoms with Crippen molar-refractivity contribution in [2.24, 2.45) is 21.0 Å². The first-order valence-corrected chi connectivity index (χ1v) is 8.27. The zero-order valence-corrected chi connectivity index (χ0v) is 15.1. The van der Waals surface area contributed by atoms with Crippen LogP contribution < -0.4 is 10.5 Å². The molecule has 27 heavy (non-hydrogen) atoms. The van der Waals surface area contributed by atoms with Crippen molar-refractivity contribution in [3.63, 3.8) is 0 Å². The minimum Gasteiger partial charge on any atom is -0.505 e. The number of aromatic hydroxyl groups is 2. The van der Waals surface area contributed by atoms with Crippen molar-refractivity contribution in [3.05, 3.63) is 54.1 Å². The Morgan fingerprint density at radius 1 is 1.07 bits per heavy atom. The number of hydrogen-bond acceptors (Lipinski definition) is 6. The molecule has 8 heteroatoms. The van der Waals surface area contributed by atoms with E-state index >= 15 is 0 Å². The number of methoxy groups -OCH3 is 1. The largest absolute Gasteiger partial charge is 0.505 e. The molecule has 4 N–H and O–H groups in total. The molecule has 0 bridgehead atoms. The molecule has 0 amide bonds. The monoisotopic (exact) mass is 380 g/mol. The zero-order valence-electron chi connectivity index (χ0n) is 14.3. The van der Waals surface area contributed by atoms with E-state index < -0.39 is 0 Å². The maximum Gasteiger partial charge on any atom is 0.211 e. The third-order valence-electron chi connectivity index (χ3n) is 3.79. The fraction of sp³-hybridized carbons (Fsp3) is 0.0526. The van der Waals surface area contributed by atoms with Gasteiger partial charge in [0.1, 0.15) is 5.69 Å². The number of fused-ring (bicyclic) bond motifs is 1. The highest BCUT2D eigenvalue weighted by molar-refractivity contribution is 7.80. The van der Waals surface area contributed by atoms with Gasteiger partial charge in [0.15, 0.2) is 17.2 Å². The maximum absolute atomic E-state index is 10.4. The number of benzene rings is 3. The summed E-state index contributed by atoms with van der Waals surface area (Å²) in [5, 5.41) is 28.8. The molecule has 0 radical (unpaired) electrons. The number of nitrogens with zero attached hydrogens (tertiary/aromatic N) is 3. The van der Waals surface area contributed by atoms with Gasteiger partial charge >= 0.3 is 0 Å². The first-order valence-electron chi connectivity index (χ1n) is 7.86. The first-order chi connectivity index (χ1) is 13.0. The van der Waals surface area contributed by atoms with Crippen LogP contribution in [0.25, 0.3) is 10.8 Å². The quantitative estimate of drug-likeness (QED) is 0.354. The smallest absolute Gasteiger partial charge is 0.211 e. The Morgan fingerprint density at radius 3 is 2.52 bits per heavy atom. The predicted molar refractivity (Wildman–Crippen MR) is 109 cm³/mol. The number of hydrogen-bond donors (Lipinski definition) is 3. The highest BCUT2D eigenvalue weighted by Gasteiger charge is 2.11. The Hall–Kier alpha value is -3.52. The van der Waals surface area contributed by atoms with Gasteiger partial charge in [-0.1, -0.05) is 24.3 Å². The van der Waals surface area contributed by atoms with Gasteiger partial charge in [-0.15, -0.1) is 10.2 Å². The van der Waals surface area contributed by atoms with Gasteiger partial charge < -0.3 is 20.7 Å². The van der Waals surface area contributed by atoms with E-state index in [2.05, 4.69) is 27.4 Å². The molecule has 0 spiro atoms. The average molecular weight is 380 g/mol. The molecule has 0 fully saturated rings. The second kappa shape index (κ2) is 7.79. The van der Waals surface area contributed by atoms with Gasteiger partial charge in [-0.3, -0.25) is 4.99 Å². The van der Waals surface area contributed by atoms with Crippen LogP contribution in [-0.2, 0) is 0 Å². The molecule has 0 aromatic heterocycles. The van der Waals surface area contributed by atoms with E-state index in [1.54, 1.807) is 36.5 Å². The van der Waals surface area contributed by atoms with Gasteiger partial charge in [-0.05, 0) is 42.0 Å². The van der Waals surface area contributed by atoms with Crippen molar-refractivity contribution in [2.75, 3.05) is 7.11 Å². The van der Waals surface area contributed by atoms with Crippen molar-refractivity contribution >= 4 is 45.7 Å². The molecule has 0 aliphatic carbocycles. The minimum atomic E-state index is -0.135. The molecule has 0 unspecified atom stereocenters. The van der Waals surface area contributed by atoms with Gasteiger partial charge in [-0.25, -0.2) is 0 Å². The summed E-state index contributed by atoms with van der Waals surface area (Å²) < 4.78 is 5.10. The number of aliphatic imine (C=N–C) groups is 1. The first kappa shape index (κ1) is 18.3. The van der Waals surface area contributed by atoms with Crippen LogP contribution in [0.3, 0.4) is 0 Å². The Morgan fingerprint density at radius 2 is 1.81 bits per heavy atom. The number of phenolic OH excluding ortho intramolecular Hbond substituents is 2. The lowest BCUT2D eigenvalue weighted by Gasteiger charge is -2.07. The standard InChI is InChI=1S/C19H16N4O3S/c1-26-17-8-11(6-7-16(17)24)10-21-14-9-15(22-23-19(20)27)18(25)13-5-3-2-4-12(13)14/h2-10,24-25H,1H3,(H2,20,27). The lowest BCUT2D eigenvalue weighted by molar-refractivity contribution is 0.373. The van der Waals surface area contributed by atoms with Crippen LogP contribution in [0.15, 0.2) is 63.8 Å². The van der Waals surface area contributed by atoms with Gasteiger partial charge in [0, 0.05) is 17.0 Å². The highest BCUT2D eigenvalue weighted by atomic mass is 32.1. The number of thiocarbonyl (C=S) groups is 1. The lowest BCUT2D eigenvalue weighted by atomic mass is 10.1. The summed E-state index contributed by atoms with van der Waals surface area (Å²) in [5.74, 6) is 0.362. The number of nitrogens with two attached hydrogens (primary N) is 1. The molecule has 0 aliphatic rings. The molecular weight excluding hydrogens is 364 g/mol. The highest BCUT2D eigenvalue weighted by Crippen LogP contribution is 2.41. The topological polar surface area (TPSA) is 113 Å². The van der Waals surface area contributed by atoms with E-state index in [0.717, 1.165) is 10.9 Å². The van der Waals surface area contributed by atoms with Crippen molar-refractivity contribution in [1.29, 1.82) is 0 Å². The second-order valence-electron chi connectivity index (χ2n) is 5.54. The number of phenols is 2. The molecule has 0 saturated heterocycles. The van der Waals surface area contributed by atoms with E-state index in [-0.39, 0.29) is 22.3 Å². The summed E-state index contributed by atoms with van der Waals surface area (Å²) in [4.78, 5) is 4.50. The van der Waals surface area contributed by atoms with Crippen molar-refractivity contribution in [3.8, 4) is 17.2 Å². The Kier molecular flexibility index (Phi) is 5.28. The van der Waals surface area contributed by atoms with E-state index in [9.17, 15) is 10.2 Å². The van der Waals surface area contributed by atoms with Gasteiger partial charge in [0.2, 0.25) is 5.11 Å². The summed E-state index contributed by atoms with van der Waals surface area (Å²) in [6.07, 6.45) is 1.62. The van der Waals surface area contributed by atoms with Crippen LogP contribution in [-0.4, -0.2) is 28.6 Å². The average Bonchev–Trinajstić information content (AvgIpc) is 2.67. The van der Waals surface area contributed by atoms with E-state index in [0.29, 0.717) is 16.8 Å².